The van der Waals surface area contributed by atoms with Gasteiger partial charge in [0.1, 0.15) is 11.7 Å². The number of rotatable bonds is 0. The van der Waals surface area contributed by atoms with Crippen LogP contribution in [0.25, 0.3) is 0 Å². The maximum Gasteiger partial charge on any atom is 0.258 e. The predicted octanol–water partition coefficient (Wildman–Crippen LogP) is 1.44. The van der Waals surface area contributed by atoms with Gasteiger partial charge in [-0.25, -0.2) is 4.99 Å². The molecule has 2 unspecified atom stereocenters. The quantitative estimate of drug-likeness (QED) is 0.628. The van der Waals surface area contributed by atoms with Gasteiger partial charge in [0.25, 0.3) is 5.91 Å². The minimum Gasteiger partial charge on any atom is -0.370 e. The molecule has 1 saturated heterocycles. The van der Waals surface area contributed by atoms with Crippen molar-refractivity contribution in [3.05, 3.63) is 20.3 Å². The Bertz CT molecular complexity index is 639. The van der Waals surface area contributed by atoms with E-state index in [9.17, 15) is 4.79 Å². The van der Waals surface area contributed by atoms with Gasteiger partial charge < -0.3 is 20.9 Å². The smallest absolute Gasteiger partial charge is 0.258 e. The molecule has 100 valence electrons. The van der Waals surface area contributed by atoms with Crippen molar-refractivity contribution in [2.24, 2.45) is 10.7 Å². The van der Waals surface area contributed by atoms with E-state index < -0.39 is 5.66 Å². The fourth-order valence-electron chi connectivity index (χ4n) is 3.42. The molecule has 1 amide bonds. The highest BCUT2D eigenvalue weighted by molar-refractivity contribution is 9.13. The van der Waals surface area contributed by atoms with E-state index in [2.05, 4.69) is 47.2 Å². The number of halogens is 2. The molecule has 3 aliphatic rings. The molecule has 4 N–H and O–H groups in total. The number of H-pyrrole nitrogens is 1. The SMILES string of the molecule is NC1=NC2c3[nH]c(Br)c(Br)c3C(=O)N3CCCC23N1. The van der Waals surface area contributed by atoms with Gasteiger partial charge in [0.05, 0.1) is 20.3 Å². The van der Waals surface area contributed by atoms with Crippen molar-refractivity contribution < 1.29 is 4.79 Å². The molecule has 2 atom stereocenters. The van der Waals surface area contributed by atoms with E-state index in [4.69, 9.17) is 5.73 Å². The molecule has 3 aliphatic heterocycles. The van der Waals surface area contributed by atoms with Crippen LogP contribution >= 0.6 is 31.9 Å². The van der Waals surface area contributed by atoms with Crippen LogP contribution in [-0.4, -0.2) is 34.0 Å². The number of nitrogens with one attached hydrogen (secondary N) is 2. The molecular formula is C11H11Br2N5O. The number of amides is 1. The number of guanidine groups is 1. The highest BCUT2D eigenvalue weighted by Gasteiger charge is 2.58. The Hall–Kier alpha value is -1.02. The van der Waals surface area contributed by atoms with Crippen molar-refractivity contribution in [1.82, 2.24) is 15.2 Å². The predicted molar refractivity (Wildman–Crippen MR) is 76.7 cm³/mol. The first kappa shape index (κ1) is 11.8. The van der Waals surface area contributed by atoms with E-state index in [1.807, 2.05) is 4.90 Å². The molecule has 0 aliphatic carbocycles. The molecule has 4 heterocycles. The monoisotopic (exact) mass is 387 g/mol. The molecule has 1 aromatic rings. The molecule has 1 spiro atoms. The summed E-state index contributed by atoms with van der Waals surface area (Å²) in [5.41, 5.74) is 6.87. The van der Waals surface area contributed by atoms with E-state index in [-0.39, 0.29) is 11.9 Å². The summed E-state index contributed by atoms with van der Waals surface area (Å²) >= 11 is 6.88. The lowest BCUT2D eigenvalue weighted by Gasteiger charge is -2.42. The first-order valence-electron chi connectivity index (χ1n) is 6.05. The third kappa shape index (κ3) is 1.26. The maximum absolute atomic E-state index is 12.7. The Morgan fingerprint density at radius 3 is 3.05 bits per heavy atom. The largest absolute Gasteiger partial charge is 0.370 e. The van der Waals surface area contributed by atoms with Crippen LogP contribution in [0.15, 0.2) is 14.1 Å². The van der Waals surface area contributed by atoms with Crippen molar-refractivity contribution in [3.8, 4) is 0 Å². The first-order chi connectivity index (χ1) is 9.04. The number of nitrogens with two attached hydrogens (primary N) is 1. The van der Waals surface area contributed by atoms with Crippen molar-refractivity contribution in [2.45, 2.75) is 24.5 Å². The van der Waals surface area contributed by atoms with Crippen LogP contribution in [0.5, 0.6) is 0 Å². The van der Waals surface area contributed by atoms with Crippen molar-refractivity contribution in [2.75, 3.05) is 6.54 Å². The second kappa shape index (κ2) is 3.54. The number of aliphatic imine (C=N–C) groups is 1. The molecule has 4 rings (SSSR count). The van der Waals surface area contributed by atoms with Crippen LogP contribution in [-0.2, 0) is 0 Å². The van der Waals surface area contributed by atoms with Gasteiger partial charge >= 0.3 is 0 Å². The van der Waals surface area contributed by atoms with Crippen LogP contribution in [0.1, 0.15) is 34.9 Å². The van der Waals surface area contributed by atoms with Gasteiger partial charge in [0.2, 0.25) is 0 Å². The molecule has 1 fully saturated rings. The Morgan fingerprint density at radius 1 is 1.47 bits per heavy atom. The van der Waals surface area contributed by atoms with Crippen LogP contribution in [0, 0.1) is 0 Å². The summed E-state index contributed by atoms with van der Waals surface area (Å²) in [6.45, 7) is 0.736. The van der Waals surface area contributed by atoms with E-state index in [0.29, 0.717) is 11.5 Å². The zero-order chi connectivity index (χ0) is 13.4. The van der Waals surface area contributed by atoms with E-state index in [1.54, 1.807) is 0 Å². The first-order valence-corrected chi connectivity index (χ1v) is 7.63. The summed E-state index contributed by atoms with van der Waals surface area (Å²) in [6.07, 6.45) is 1.82. The van der Waals surface area contributed by atoms with Crippen LogP contribution in [0.2, 0.25) is 0 Å². The zero-order valence-electron chi connectivity index (χ0n) is 9.83. The van der Waals surface area contributed by atoms with E-state index in [0.717, 1.165) is 34.2 Å². The van der Waals surface area contributed by atoms with Gasteiger partial charge in [0, 0.05) is 6.54 Å². The number of fused-ring (bicyclic) bond motifs is 2. The average Bonchev–Trinajstić information content (AvgIpc) is 2.99. The molecule has 6 nitrogen and oxygen atoms in total. The standard InChI is InChI=1S/C11H11Br2N5O/c12-5-4-6(15-8(5)13)7-11(17-10(14)16-7)2-1-3-18(11)9(4)19/h7,15H,1-3H2,(H3,14,16,17). The summed E-state index contributed by atoms with van der Waals surface area (Å²) in [5, 5.41) is 3.21. The van der Waals surface area contributed by atoms with Gasteiger partial charge in [-0.05, 0) is 44.7 Å². The summed E-state index contributed by atoms with van der Waals surface area (Å²) in [4.78, 5) is 22.3. The number of hydrogen-bond acceptors (Lipinski definition) is 4. The number of aromatic nitrogens is 1. The Balaban J connectivity index is 2.00. The molecule has 19 heavy (non-hydrogen) atoms. The molecule has 8 heteroatoms. The molecular weight excluding hydrogens is 378 g/mol. The van der Waals surface area contributed by atoms with Crippen LogP contribution in [0.3, 0.4) is 0 Å². The number of nitrogens with zero attached hydrogens (tertiary/aromatic N) is 2. The third-order valence-electron chi connectivity index (χ3n) is 4.14. The lowest BCUT2D eigenvalue weighted by Crippen LogP contribution is -2.61. The van der Waals surface area contributed by atoms with Gasteiger partial charge in [-0.3, -0.25) is 4.79 Å². The minimum atomic E-state index is -0.474. The summed E-state index contributed by atoms with van der Waals surface area (Å²) in [6, 6.07) is -0.162. The number of carbonyl (C=O) groups excluding carboxylic acids is 1. The van der Waals surface area contributed by atoms with Gasteiger partial charge in [0.15, 0.2) is 5.96 Å². The Labute approximate surface area is 126 Å². The number of carbonyl (C=O) groups is 1. The van der Waals surface area contributed by atoms with Gasteiger partial charge in [-0.1, -0.05) is 0 Å². The normalized spacial score (nSPS) is 31.7. The Morgan fingerprint density at radius 2 is 2.26 bits per heavy atom. The van der Waals surface area contributed by atoms with Crippen molar-refractivity contribution in [1.29, 1.82) is 0 Å². The molecule has 1 aromatic heterocycles. The number of aromatic amines is 1. The average molecular weight is 389 g/mol. The van der Waals surface area contributed by atoms with Gasteiger partial charge in [-0.15, -0.1) is 0 Å². The topological polar surface area (TPSA) is 86.5 Å². The minimum absolute atomic E-state index is 0.0231. The lowest BCUT2D eigenvalue weighted by atomic mass is 9.89. The maximum atomic E-state index is 12.7. The molecule has 0 radical (unpaired) electrons. The van der Waals surface area contributed by atoms with Crippen LogP contribution in [0.4, 0.5) is 0 Å². The summed E-state index contributed by atoms with van der Waals surface area (Å²) in [7, 11) is 0. The molecule has 0 saturated carbocycles. The second-order valence-electron chi connectivity index (χ2n) is 5.07. The van der Waals surface area contributed by atoms with Gasteiger partial charge in [-0.2, -0.15) is 0 Å². The summed E-state index contributed by atoms with van der Waals surface area (Å²) < 4.78 is 1.52. The number of hydrogen-bond donors (Lipinski definition) is 3. The van der Waals surface area contributed by atoms with Crippen LogP contribution < -0.4 is 11.1 Å². The second-order valence-corrected chi connectivity index (χ2v) is 6.65. The van der Waals surface area contributed by atoms with Crippen molar-refractivity contribution >= 4 is 43.7 Å². The summed E-state index contributed by atoms with van der Waals surface area (Å²) in [5.74, 6) is 0.425. The Kier molecular flexibility index (Phi) is 2.20. The highest BCUT2D eigenvalue weighted by Crippen LogP contribution is 2.50. The fraction of sp³-hybridized carbons (Fsp3) is 0.455. The van der Waals surface area contributed by atoms with E-state index in [1.165, 1.54) is 0 Å². The third-order valence-corrected chi connectivity index (χ3v) is 6.06. The zero-order valence-corrected chi connectivity index (χ0v) is 13.0. The lowest BCUT2D eigenvalue weighted by molar-refractivity contribution is 0.0465. The molecule has 0 bridgehead atoms. The van der Waals surface area contributed by atoms with Crippen molar-refractivity contribution in [3.63, 3.8) is 0 Å². The highest BCUT2D eigenvalue weighted by atomic mass is 79.9. The fourth-order valence-corrected chi connectivity index (χ4v) is 4.32. The molecule has 0 aromatic carbocycles. The van der Waals surface area contributed by atoms with E-state index >= 15 is 0 Å².